The third-order valence-electron chi connectivity index (χ3n) is 25.2. The van der Waals surface area contributed by atoms with Gasteiger partial charge in [-0.3, -0.25) is 14.5 Å². The van der Waals surface area contributed by atoms with Crippen LogP contribution in [0.3, 0.4) is 0 Å². The van der Waals surface area contributed by atoms with E-state index in [-0.39, 0.29) is 5.41 Å². The predicted molar refractivity (Wildman–Crippen MR) is 551 cm³/mol. The average molecular weight is 1730 g/mol. The van der Waals surface area contributed by atoms with Gasteiger partial charge in [0.25, 0.3) is 0 Å². The second-order valence-electron chi connectivity index (χ2n) is 34.0. The van der Waals surface area contributed by atoms with E-state index in [2.05, 4.69) is 417 Å². The molecule has 0 fully saturated rings. The second-order valence-corrected chi connectivity index (χ2v) is 34.0. The van der Waals surface area contributed by atoms with Gasteiger partial charge in [0, 0.05) is 86.0 Å². The first-order chi connectivity index (χ1) is 66.6. The molecular weight excluding hydrogens is 1650 g/mol. The Morgan fingerprint density at radius 1 is 0.222 bits per heavy atom. The normalized spacial score (nSPS) is 11.7. The number of imidazole rings is 1. The molecule has 7 aromatic heterocycles. The lowest BCUT2D eigenvalue weighted by atomic mass is 9.78. The van der Waals surface area contributed by atoms with E-state index in [9.17, 15) is 0 Å². The fourth-order valence-electron chi connectivity index (χ4n) is 18.3. The van der Waals surface area contributed by atoms with E-state index in [1.54, 1.807) is 31.1 Å². The number of benzene rings is 16. The summed E-state index contributed by atoms with van der Waals surface area (Å²) in [6.45, 7) is 4.67. The minimum atomic E-state index is -0.0982. The summed E-state index contributed by atoms with van der Waals surface area (Å²) in [6.07, 6.45) is 8.77. The molecule has 24 rings (SSSR count). The van der Waals surface area contributed by atoms with Gasteiger partial charge in [-0.25, -0.2) is 34.9 Å². The van der Waals surface area contributed by atoms with Crippen LogP contribution in [0.1, 0.15) is 25.0 Å². The van der Waals surface area contributed by atoms with Crippen molar-refractivity contribution in [2.24, 2.45) is 0 Å². The van der Waals surface area contributed by atoms with Crippen LogP contribution in [0, 0.1) is 0 Å². The number of fused-ring (bicyclic) bond motifs is 5. The van der Waals surface area contributed by atoms with Gasteiger partial charge < -0.3 is 4.42 Å². The van der Waals surface area contributed by atoms with Gasteiger partial charge in [-0.2, -0.15) is 0 Å². The third kappa shape index (κ3) is 17.3. The number of pyridine rings is 2. The van der Waals surface area contributed by atoms with Gasteiger partial charge in [0.05, 0.1) is 51.5 Å². The molecule has 11 heteroatoms. The highest BCUT2D eigenvalue weighted by atomic mass is 16.3. The summed E-state index contributed by atoms with van der Waals surface area (Å²) in [5.74, 6) is 3.46. The van der Waals surface area contributed by atoms with E-state index in [1.807, 2.05) is 66.7 Å². The molecular formula is C124H86N10O. The van der Waals surface area contributed by atoms with E-state index in [1.165, 1.54) is 83.1 Å². The Morgan fingerprint density at radius 2 is 0.578 bits per heavy atom. The van der Waals surface area contributed by atoms with Crippen LogP contribution in [0.25, 0.3) is 219 Å². The number of nitrogens with zero attached hydrogens (tertiary/aromatic N) is 10. The maximum absolute atomic E-state index is 5.75. The average Bonchev–Trinajstić information content (AvgIpc) is 1.61. The summed E-state index contributed by atoms with van der Waals surface area (Å²) in [4.78, 5) is 43.4. The summed E-state index contributed by atoms with van der Waals surface area (Å²) < 4.78 is 7.98. The second kappa shape index (κ2) is 36.9. The SMILES string of the molecule is CC1(C)c2ccccc2-c2cccc(-c3cccc(-c4cc(-c5ccc(-c6ccccc6)cc5)nc(-c5ccco5)n4)c3)c21.c1ccc(-c2ccc(-c3cc(-c4cccc(-c5ccc(-c6nc7ccccc7n6-c6ccccc6)cc5)c4)nc(-c4ccncc4)n3)cc2)cc1.c1ccc(-c2ccc(-c3cc(-c4cccc(-c5ccc6ccccc6c5)c4)nc(-c4ccncc4)n3)cc2)cc1. The highest BCUT2D eigenvalue weighted by Gasteiger charge is 2.37. The fourth-order valence-corrected chi connectivity index (χ4v) is 18.3. The molecule has 7 heterocycles. The number of aromatic nitrogens is 10. The molecule has 1 aliphatic rings. The van der Waals surface area contributed by atoms with E-state index >= 15 is 0 Å². The number of furan rings is 1. The van der Waals surface area contributed by atoms with Crippen molar-refractivity contribution in [1.82, 2.24) is 49.4 Å². The molecule has 0 saturated carbocycles. The third-order valence-corrected chi connectivity index (χ3v) is 25.2. The van der Waals surface area contributed by atoms with E-state index < -0.39 is 0 Å². The Bertz CT molecular complexity index is 8180. The first-order valence-electron chi connectivity index (χ1n) is 45.3. The van der Waals surface area contributed by atoms with Crippen LogP contribution in [-0.4, -0.2) is 49.4 Å². The van der Waals surface area contributed by atoms with Gasteiger partial charge in [-0.05, 0) is 203 Å². The molecule has 0 radical (unpaired) electrons. The van der Waals surface area contributed by atoms with Crippen molar-refractivity contribution < 1.29 is 4.42 Å². The van der Waals surface area contributed by atoms with Crippen molar-refractivity contribution in [3.8, 4) is 197 Å². The lowest BCUT2D eigenvalue weighted by molar-refractivity contribution is 0.577. The van der Waals surface area contributed by atoms with Crippen LogP contribution < -0.4 is 0 Å². The molecule has 16 aromatic carbocycles. The smallest absolute Gasteiger partial charge is 0.196 e. The molecule has 0 N–H and O–H groups in total. The largest absolute Gasteiger partial charge is 0.461 e. The highest BCUT2D eigenvalue weighted by Crippen LogP contribution is 2.53. The van der Waals surface area contributed by atoms with Gasteiger partial charge in [0.15, 0.2) is 23.2 Å². The van der Waals surface area contributed by atoms with E-state index in [0.29, 0.717) is 23.2 Å². The molecule has 1 aliphatic carbocycles. The molecule has 0 atom stereocenters. The summed E-state index contributed by atoms with van der Waals surface area (Å²) in [7, 11) is 0. The van der Waals surface area contributed by atoms with Crippen molar-refractivity contribution in [2.45, 2.75) is 19.3 Å². The van der Waals surface area contributed by atoms with Crippen LogP contribution in [0.5, 0.6) is 0 Å². The van der Waals surface area contributed by atoms with Crippen LogP contribution in [0.4, 0.5) is 0 Å². The zero-order valence-electron chi connectivity index (χ0n) is 74.1. The van der Waals surface area contributed by atoms with Crippen molar-refractivity contribution in [3.05, 3.63) is 497 Å². The van der Waals surface area contributed by atoms with Gasteiger partial charge in [0.1, 0.15) is 5.82 Å². The molecule has 11 nitrogen and oxygen atoms in total. The summed E-state index contributed by atoms with van der Waals surface area (Å²) >= 11 is 0. The Hall–Kier alpha value is -17.9. The summed E-state index contributed by atoms with van der Waals surface area (Å²) in [6, 6.07) is 159. The quantitative estimate of drug-likeness (QED) is 0.0867. The number of hydrogen-bond acceptors (Lipinski definition) is 10. The standard InChI is InChI=1S/C46H31N5.C41H30N2O.C37H25N3/c1-3-10-32(11-4-1)33-18-22-35(23-19-33)42-31-43(49-45(48-42)36-26-28-47-29-27-36)39-13-9-12-38(30-39)34-20-24-37(25-21-34)46-50-41-16-7-8-17-44(41)51(46)40-14-5-2-6-15-40;1-41(2)35-18-7-6-15-33(35)34-17-9-16-32(39(34)41)30-13-8-14-31(25-30)37-26-36(42-40(43-37)38-19-10-24-44-38)29-22-20-28(21-23-29)27-11-4-3-5-12-27;1-2-7-26(8-3-1)28-13-16-29(17-14-28)35-25-36(40-37(39-35)30-19-21-38-22-20-30)34-12-6-11-32(24-34)33-18-15-27-9-4-5-10-31(27)23-33/h1-31H;3-26H,1-2H3;1-25H. The van der Waals surface area contributed by atoms with Crippen molar-refractivity contribution in [2.75, 3.05) is 0 Å². The minimum absolute atomic E-state index is 0.0982. The first kappa shape index (κ1) is 82.7. The molecule has 0 saturated heterocycles. The van der Waals surface area contributed by atoms with Crippen LogP contribution >= 0.6 is 0 Å². The zero-order chi connectivity index (χ0) is 90.4. The van der Waals surface area contributed by atoms with Crippen LogP contribution in [0.2, 0.25) is 0 Å². The Kier molecular flexibility index (Phi) is 22.6. The molecule has 638 valence electrons. The van der Waals surface area contributed by atoms with Crippen molar-refractivity contribution in [3.63, 3.8) is 0 Å². The number of rotatable bonds is 17. The topological polar surface area (TPSA) is 134 Å². The zero-order valence-corrected chi connectivity index (χ0v) is 74.1. The van der Waals surface area contributed by atoms with Gasteiger partial charge >= 0.3 is 0 Å². The predicted octanol–water partition coefficient (Wildman–Crippen LogP) is 31.3. The molecule has 0 spiro atoms. The summed E-state index contributed by atoms with van der Waals surface area (Å²) in [5, 5.41) is 2.47. The number of para-hydroxylation sites is 3. The molecule has 0 bridgehead atoms. The number of hydrogen-bond donors (Lipinski definition) is 0. The molecule has 0 amide bonds. The monoisotopic (exact) mass is 1730 g/mol. The lowest BCUT2D eigenvalue weighted by Gasteiger charge is -2.24. The molecule has 0 aliphatic heterocycles. The fraction of sp³-hybridized carbons (Fsp3) is 0.0242. The van der Waals surface area contributed by atoms with E-state index in [0.717, 1.165) is 123 Å². The molecule has 135 heavy (non-hydrogen) atoms. The van der Waals surface area contributed by atoms with Crippen LogP contribution in [0.15, 0.2) is 490 Å². The Morgan fingerprint density at radius 3 is 1.09 bits per heavy atom. The maximum Gasteiger partial charge on any atom is 0.196 e. The highest BCUT2D eigenvalue weighted by molar-refractivity contribution is 5.92. The molecule has 0 unspecified atom stereocenters. The van der Waals surface area contributed by atoms with Crippen molar-refractivity contribution in [1.29, 1.82) is 0 Å². The Labute approximate surface area is 783 Å². The minimum Gasteiger partial charge on any atom is -0.461 e. The van der Waals surface area contributed by atoms with Gasteiger partial charge in [-0.1, -0.05) is 366 Å². The van der Waals surface area contributed by atoms with E-state index in [4.69, 9.17) is 39.3 Å². The van der Waals surface area contributed by atoms with Gasteiger partial charge in [0.2, 0.25) is 0 Å². The molecule has 23 aromatic rings. The Balaban J connectivity index is 0.000000118. The van der Waals surface area contributed by atoms with Crippen molar-refractivity contribution >= 4 is 21.8 Å². The summed E-state index contributed by atoms with van der Waals surface area (Å²) in [5.41, 5.74) is 36.8. The lowest BCUT2D eigenvalue weighted by Crippen LogP contribution is -2.16. The maximum atomic E-state index is 5.75. The van der Waals surface area contributed by atoms with Crippen LogP contribution in [-0.2, 0) is 5.41 Å². The van der Waals surface area contributed by atoms with Gasteiger partial charge in [-0.15, -0.1) is 0 Å². The first-order valence-corrected chi connectivity index (χ1v) is 45.3.